The number of aromatic nitrogens is 3. The van der Waals surface area contributed by atoms with E-state index in [1.165, 1.54) is 29.7 Å². The summed E-state index contributed by atoms with van der Waals surface area (Å²) in [4.78, 5) is 13.8. The predicted octanol–water partition coefficient (Wildman–Crippen LogP) is 10.8. The number of hydrogen-bond donors (Lipinski definition) is 0. The first-order valence-corrected chi connectivity index (χ1v) is 15.1. The van der Waals surface area contributed by atoms with Crippen LogP contribution in [0.1, 0.15) is 77.6 Å². The Labute approximate surface area is 298 Å². The molecule has 0 spiro atoms. The minimum atomic E-state index is -2.33. The van der Waals surface area contributed by atoms with Crippen LogP contribution in [0.4, 0.5) is 0 Å². The van der Waals surface area contributed by atoms with Crippen LogP contribution in [0.5, 0.6) is 0 Å². The normalized spacial score (nSPS) is 16.5. The molecule has 0 bridgehead atoms. The first-order valence-electron chi connectivity index (χ1n) is 19.3. The van der Waals surface area contributed by atoms with E-state index in [0.717, 1.165) is 21.0 Å². The third-order valence-corrected chi connectivity index (χ3v) is 7.67. The Morgan fingerprint density at radius 3 is 2.29 bits per heavy atom. The molecule has 1 radical (unpaired) electrons. The average molecular weight is 800 g/mol. The molecule has 7 rings (SSSR count). The van der Waals surface area contributed by atoms with Crippen molar-refractivity contribution in [3.8, 4) is 22.5 Å². The number of furan rings is 1. The Balaban J connectivity index is 0.000000217. The number of benzene rings is 2. The predicted molar refractivity (Wildman–Crippen MR) is 184 cm³/mol. The fourth-order valence-electron chi connectivity index (χ4n) is 4.94. The van der Waals surface area contributed by atoms with Gasteiger partial charge >= 0.3 is 0 Å². The number of pyridine rings is 3. The Morgan fingerprint density at radius 2 is 1.62 bits per heavy atom. The Hall–Kier alpha value is -3.44. The molecule has 2 aromatic carbocycles. The van der Waals surface area contributed by atoms with Crippen molar-refractivity contribution < 1.29 is 38.2 Å². The summed E-state index contributed by atoms with van der Waals surface area (Å²) in [5.41, 5.74) is 3.94. The van der Waals surface area contributed by atoms with Crippen molar-refractivity contribution in [2.75, 3.05) is 0 Å². The van der Waals surface area contributed by atoms with E-state index in [9.17, 15) is 0 Å². The zero-order chi connectivity index (χ0) is 39.8. The van der Waals surface area contributed by atoms with Crippen LogP contribution in [0.2, 0.25) is 0 Å². The summed E-state index contributed by atoms with van der Waals surface area (Å²) in [6.45, 7) is 6.69. The number of nitrogens with zero attached hydrogens (tertiary/aromatic N) is 3. The van der Waals surface area contributed by atoms with E-state index >= 15 is 0 Å². The zero-order valence-corrected chi connectivity index (χ0v) is 29.1. The maximum Gasteiger partial charge on any atom is 0.125 e. The minimum Gasteiger partial charge on any atom is -0.500 e. The van der Waals surface area contributed by atoms with E-state index < -0.39 is 37.3 Å². The van der Waals surface area contributed by atoms with E-state index in [1.54, 1.807) is 48.7 Å². The number of rotatable bonds is 4. The van der Waals surface area contributed by atoms with Gasteiger partial charge in [-0.3, -0.25) is 0 Å². The van der Waals surface area contributed by atoms with Gasteiger partial charge in [0.1, 0.15) is 10.4 Å². The molecule has 5 aromatic heterocycles. The van der Waals surface area contributed by atoms with Crippen molar-refractivity contribution in [1.29, 1.82) is 0 Å². The summed E-state index contributed by atoms with van der Waals surface area (Å²) >= 11 is 1.38. The van der Waals surface area contributed by atoms with Crippen LogP contribution < -0.4 is 0 Å². The van der Waals surface area contributed by atoms with Crippen molar-refractivity contribution in [2.45, 2.75) is 68.0 Å². The molecule has 0 fully saturated rings. The van der Waals surface area contributed by atoms with Gasteiger partial charge in [-0.15, -0.1) is 53.1 Å². The van der Waals surface area contributed by atoms with E-state index in [-0.39, 0.29) is 31.4 Å². The largest absolute Gasteiger partial charge is 0.500 e. The van der Waals surface area contributed by atoms with Crippen LogP contribution in [-0.4, -0.2) is 15.0 Å². The molecular weight excluding hydrogens is 751 g/mol. The van der Waals surface area contributed by atoms with Gasteiger partial charge in [0, 0.05) is 63.4 Å². The second-order valence-electron chi connectivity index (χ2n) is 12.7. The molecule has 0 saturated carbocycles. The quantitative estimate of drug-likeness (QED) is 0.166. The maximum atomic E-state index is 8.60. The van der Waals surface area contributed by atoms with E-state index in [4.69, 9.17) is 18.1 Å². The molecule has 0 atom stereocenters. The molecule has 0 amide bonds. The molecule has 5 heterocycles. The Bertz CT molecular complexity index is 2440. The van der Waals surface area contributed by atoms with E-state index in [1.807, 2.05) is 41.5 Å². The van der Waals surface area contributed by atoms with Gasteiger partial charge in [-0.25, -0.2) is 4.98 Å². The summed E-state index contributed by atoms with van der Waals surface area (Å²) in [6.07, 6.45) is 0.103. The molecule has 7 aromatic rings. The van der Waals surface area contributed by atoms with Crippen LogP contribution in [0.3, 0.4) is 0 Å². The van der Waals surface area contributed by atoms with Gasteiger partial charge in [-0.05, 0) is 63.5 Å². The molecule has 0 aliphatic carbocycles. The van der Waals surface area contributed by atoms with Crippen molar-refractivity contribution in [2.24, 2.45) is 10.8 Å². The first-order chi connectivity index (χ1) is 24.8. The van der Waals surface area contributed by atoms with Crippen molar-refractivity contribution in [1.82, 2.24) is 15.0 Å². The molecule has 0 aliphatic rings. The maximum absolute atomic E-state index is 8.60. The topological polar surface area (TPSA) is 51.8 Å². The van der Waals surface area contributed by atoms with Gasteiger partial charge in [-0.2, -0.15) is 11.3 Å². The molecule has 0 N–H and O–H groups in total. The molecule has 45 heavy (non-hydrogen) atoms. The van der Waals surface area contributed by atoms with Gasteiger partial charge in [0.05, 0.1) is 5.58 Å². The molecule has 6 heteroatoms. The van der Waals surface area contributed by atoms with Crippen LogP contribution in [0.15, 0.2) is 71.4 Å². The summed E-state index contributed by atoms with van der Waals surface area (Å²) in [7, 11) is 0. The van der Waals surface area contributed by atoms with Crippen LogP contribution >= 0.6 is 11.3 Å². The second kappa shape index (κ2) is 12.7. The molecular formula is C39H39IrN3OS-2. The van der Waals surface area contributed by atoms with Gasteiger partial charge in [0.2, 0.25) is 0 Å². The van der Waals surface area contributed by atoms with Crippen molar-refractivity contribution in [3.63, 3.8) is 0 Å². The number of hydrogen-bond acceptors (Lipinski definition) is 5. The van der Waals surface area contributed by atoms with Crippen molar-refractivity contribution >= 4 is 42.8 Å². The summed E-state index contributed by atoms with van der Waals surface area (Å²) in [5.74, 6) is 0. The summed E-state index contributed by atoms with van der Waals surface area (Å²) < 4.78 is 85.6. The molecule has 0 unspecified atom stereocenters. The Morgan fingerprint density at radius 1 is 0.822 bits per heavy atom. The third-order valence-electron chi connectivity index (χ3n) is 6.57. The van der Waals surface area contributed by atoms with Gasteiger partial charge < -0.3 is 14.4 Å². The number of aryl methyl sites for hydroxylation is 2. The molecule has 4 nitrogen and oxygen atoms in total. The van der Waals surface area contributed by atoms with Gasteiger partial charge in [0.25, 0.3) is 0 Å². The van der Waals surface area contributed by atoms with E-state index in [0.29, 0.717) is 44.1 Å². The zero-order valence-electron chi connectivity index (χ0n) is 35.8. The smallest absolute Gasteiger partial charge is 0.125 e. The number of thiophene rings is 1. The molecule has 0 aliphatic heterocycles. The van der Waals surface area contributed by atoms with Crippen LogP contribution in [0.25, 0.3) is 54.0 Å². The minimum absolute atomic E-state index is 0. The monoisotopic (exact) mass is 800 g/mol. The van der Waals surface area contributed by atoms with Gasteiger partial charge in [-0.1, -0.05) is 72.2 Å². The molecule has 0 saturated heterocycles. The summed E-state index contributed by atoms with van der Waals surface area (Å²) in [6, 6.07) is 21.0. The second-order valence-corrected chi connectivity index (χ2v) is 13.7. The molecule has 233 valence electrons. The van der Waals surface area contributed by atoms with E-state index in [2.05, 4.69) is 27.1 Å². The van der Waals surface area contributed by atoms with Crippen LogP contribution in [0, 0.1) is 36.7 Å². The average Bonchev–Trinajstić information content (AvgIpc) is 3.67. The fourth-order valence-corrected chi connectivity index (χ4v) is 6.16. The van der Waals surface area contributed by atoms with Gasteiger partial charge in [0.15, 0.2) is 0 Å². The SMILES string of the molecule is [2H]C([2H])([2H])c1c[c-]c(-c2ccc(C([2H])([2H])C(C)(C)C)cn2)cc1.[2H]C([2H])([2H])c1cc2oc3c[c-]c(-c4cc(C([2H])([2H])C(C)(C)C)ccn4)c4sc(n1)c2c34.[Ir]. The van der Waals surface area contributed by atoms with Crippen molar-refractivity contribution in [3.05, 3.63) is 102 Å². The first kappa shape index (κ1) is 22.1. The van der Waals surface area contributed by atoms with Crippen LogP contribution in [-0.2, 0) is 32.9 Å². The standard InChI is InChI=1S/C22H19N2OS.C17H20N.Ir/c1-12-9-17-19-18-16(25-17)6-5-14(20(18)26-21(19)24-12)15-10-13(7-8-23-15)11-22(2,3)4;1-13-5-8-15(9-6-13)16-10-7-14(12-18-16)11-17(2,3)4;/h6-10H,11H2,1-4H3;5-8,10,12H,11H2,1-4H3;/q2*-1;/i2*1D3,11D2;. The third kappa shape index (κ3) is 7.52. The fraction of sp³-hybridized carbons (Fsp3) is 0.308. The Kier molecular flexibility index (Phi) is 6.27. The summed E-state index contributed by atoms with van der Waals surface area (Å²) in [5, 5.41) is 1.68.